The number of nitrogens with zero attached hydrogens (tertiary/aromatic N) is 1. The van der Waals surface area contributed by atoms with E-state index in [9.17, 15) is 0 Å². The fourth-order valence-electron chi connectivity index (χ4n) is 5.45. The number of fused-ring (bicyclic) bond motifs is 3. The summed E-state index contributed by atoms with van der Waals surface area (Å²) in [5.74, 6) is 1.78. The lowest BCUT2D eigenvalue weighted by Gasteiger charge is -2.37. The molecule has 0 unspecified atom stereocenters. The standard InChI is InChI=1S/C33H28BrClN2O/c1-21-9-15-31-28(17-21)26-6-4-7-27(26)33(37-31)23-11-13-25(14-12-23)36-19-22-10-16-32(29(34)18-22)38-20-24-5-2-3-8-30(24)35/h2-6,8-19,26-27,33,37H,7,20H2,1H3/t26-,27+,33+/m1/s1. The zero-order valence-electron chi connectivity index (χ0n) is 21.1. The van der Waals surface area contributed by atoms with E-state index in [-0.39, 0.29) is 6.04 Å². The smallest absolute Gasteiger partial charge is 0.134 e. The van der Waals surface area contributed by atoms with Crippen LogP contribution in [0.5, 0.6) is 5.75 Å². The second kappa shape index (κ2) is 10.8. The highest BCUT2D eigenvalue weighted by Crippen LogP contribution is 2.50. The van der Waals surface area contributed by atoms with Crippen LogP contribution >= 0.6 is 27.5 Å². The first kappa shape index (κ1) is 25.0. The molecule has 0 bridgehead atoms. The van der Waals surface area contributed by atoms with Crippen LogP contribution in [0.4, 0.5) is 11.4 Å². The average Bonchev–Trinajstić information content (AvgIpc) is 3.43. The van der Waals surface area contributed by atoms with Crippen LogP contribution in [-0.4, -0.2) is 6.21 Å². The molecular weight excluding hydrogens is 556 g/mol. The van der Waals surface area contributed by atoms with Crippen molar-refractivity contribution in [1.29, 1.82) is 0 Å². The highest BCUT2D eigenvalue weighted by Gasteiger charge is 2.37. The molecule has 1 aliphatic carbocycles. The molecule has 4 aromatic carbocycles. The molecule has 1 N–H and O–H groups in total. The van der Waals surface area contributed by atoms with Crippen molar-refractivity contribution in [2.75, 3.05) is 5.32 Å². The highest BCUT2D eigenvalue weighted by molar-refractivity contribution is 9.10. The number of halogens is 2. The van der Waals surface area contributed by atoms with Crippen molar-refractivity contribution in [2.45, 2.75) is 31.9 Å². The summed E-state index contributed by atoms with van der Waals surface area (Å²) in [5.41, 5.74) is 8.17. The van der Waals surface area contributed by atoms with E-state index in [0.717, 1.165) is 33.5 Å². The maximum atomic E-state index is 6.24. The molecule has 5 heteroatoms. The van der Waals surface area contributed by atoms with Gasteiger partial charge in [-0.1, -0.05) is 71.8 Å². The van der Waals surface area contributed by atoms with Gasteiger partial charge in [0.05, 0.1) is 16.2 Å². The van der Waals surface area contributed by atoms with Crippen LogP contribution in [0.2, 0.25) is 5.02 Å². The number of benzene rings is 4. The lowest BCUT2D eigenvalue weighted by molar-refractivity contribution is 0.304. The first-order valence-corrected chi connectivity index (χ1v) is 14.1. The zero-order valence-corrected chi connectivity index (χ0v) is 23.4. The Labute approximate surface area is 237 Å². The molecule has 38 heavy (non-hydrogen) atoms. The predicted molar refractivity (Wildman–Crippen MR) is 161 cm³/mol. The lowest BCUT2D eigenvalue weighted by atomic mass is 9.76. The van der Waals surface area contributed by atoms with Gasteiger partial charge in [-0.3, -0.25) is 4.99 Å². The van der Waals surface area contributed by atoms with Gasteiger partial charge in [0.15, 0.2) is 0 Å². The molecule has 0 radical (unpaired) electrons. The van der Waals surface area contributed by atoms with Crippen LogP contribution in [0.3, 0.4) is 0 Å². The van der Waals surface area contributed by atoms with Crippen LogP contribution in [0.1, 0.15) is 46.2 Å². The Morgan fingerprint density at radius 2 is 1.87 bits per heavy atom. The largest absolute Gasteiger partial charge is 0.488 e. The van der Waals surface area contributed by atoms with E-state index in [2.05, 4.69) is 82.8 Å². The van der Waals surface area contributed by atoms with Crippen molar-refractivity contribution in [3.63, 3.8) is 0 Å². The SMILES string of the molecule is Cc1ccc2c(c1)[C@@H]1C=CC[C@@H]1[C@H](c1ccc(N=Cc3ccc(OCc4ccccc4Cl)c(Br)c3)cc1)N2. The number of anilines is 1. The molecule has 3 nitrogen and oxygen atoms in total. The maximum Gasteiger partial charge on any atom is 0.134 e. The van der Waals surface area contributed by atoms with Gasteiger partial charge in [-0.25, -0.2) is 0 Å². The van der Waals surface area contributed by atoms with E-state index in [4.69, 9.17) is 21.3 Å². The highest BCUT2D eigenvalue weighted by atomic mass is 79.9. The van der Waals surface area contributed by atoms with Gasteiger partial charge in [-0.2, -0.15) is 0 Å². The van der Waals surface area contributed by atoms with E-state index >= 15 is 0 Å². The number of hydrogen-bond acceptors (Lipinski definition) is 3. The van der Waals surface area contributed by atoms with Gasteiger partial charge >= 0.3 is 0 Å². The second-order valence-corrected chi connectivity index (χ2v) is 11.2. The fourth-order valence-corrected chi connectivity index (χ4v) is 6.15. The monoisotopic (exact) mass is 582 g/mol. The van der Waals surface area contributed by atoms with Crippen LogP contribution in [0.25, 0.3) is 0 Å². The normalized spacial score (nSPS) is 19.7. The van der Waals surface area contributed by atoms with Gasteiger partial charge in [0, 0.05) is 28.4 Å². The summed E-state index contributed by atoms with van der Waals surface area (Å²) >= 11 is 9.87. The molecule has 0 saturated carbocycles. The summed E-state index contributed by atoms with van der Waals surface area (Å²) in [6.45, 7) is 2.58. The van der Waals surface area contributed by atoms with Crippen molar-refractivity contribution < 1.29 is 4.74 Å². The molecule has 0 spiro atoms. The van der Waals surface area contributed by atoms with Gasteiger partial charge in [0.1, 0.15) is 12.4 Å². The molecule has 6 rings (SSSR count). The Kier molecular flexibility index (Phi) is 7.10. The van der Waals surface area contributed by atoms with Gasteiger partial charge in [-0.05, 0) is 94.3 Å². The topological polar surface area (TPSA) is 33.6 Å². The fraction of sp³-hybridized carbons (Fsp3) is 0.182. The molecule has 4 aromatic rings. The minimum atomic E-state index is 0.289. The number of hydrogen-bond donors (Lipinski definition) is 1. The number of aliphatic imine (C=N–C) groups is 1. The number of ether oxygens (including phenoxy) is 1. The molecule has 0 aromatic heterocycles. The third kappa shape index (κ3) is 5.16. The molecule has 3 atom stereocenters. The first-order chi connectivity index (χ1) is 18.5. The molecular formula is C33H28BrClN2O. The summed E-state index contributed by atoms with van der Waals surface area (Å²) in [6.07, 6.45) is 7.71. The molecule has 1 heterocycles. The van der Waals surface area contributed by atoms with Gasteiger partial charge in [-0.15, -0.1) is 0 Å². The molecule has 1 aliphatic heterocycles. The van der Waals surface area contributed by atoms with Gasteiger partial charge < -0.3 is 10.1 Å². The Balaban J connectivity index is 1.13. The summed E-state index contributed by atoms with van der Waals surface area (Å²) < 4.78 is 6.84. The van der Waals surface area contributed by atoms with Gasteiger partial charge in [0.25, 0.3) is 0 Å². The van der Waals surface area contributed by atoms with Crippen LogP contribution in [0.15, 0.2) is 107 Å². The summed E-state index contributed by atoms with van der Waals surface area (Å²) in [4.78, 5) is 4.71. The summed E-state index contributed by atoms with van der Waals surface area (Å²) in [7, 11) is 0. The molecule has 0 amide bonds. The van der Waals surface area contributed by atoms with Crippen molar-refractivity contribution in [2.24, 2.45) is 10.9 Å². The van der Waals surface area contributed by atoms with Crippen molar-refractivity contribution in [1.82, 2.24) is 0 Å². The minimum absolute atomic E-state index is 0.289. The third-order valence-corrected chi connectivity index (χ3v) is 8.42. The zero-order chi connectivity index (χ0) is 26.1. The van der Waals surface area contributed by atoms with Crippen molar-refractivity contribution in [3.05, 3.63) is 134 Å². The van der Waals surface area contributed by atoms with Crippen LogP contribution < -0.4 is 10.1 Å². The first-order valence-electron chi connectivity index (χ1n) is 12.9. The average molecular weight is 584 g/mol. The Bertz CT molecular complexity index is 1530. The van der Waals surface area contributed by atoms with E-state index in [1.54, 1.807) is 0 Å². The quantitative estimate of drug-likeness (QED) is 0.181. The maximum absolute atomic E-state index is 6.24. The van der Waals surface area contributed by atoms with Crippen molar-refractivity contribution in [3.8, 4) is 5.75 Å². The Hall–Kier alpha value is -3.34. The third-order valence-electron chi connectivity index (χ3n) is 7.43. The lowest BCUT2D eigenvalue weighted by Crippen LogP contribution is -2.29. The van der Waals surface area contributed by atoms with Crippen LogP contribution in [0, 0.1) is 12.8 Å². The van der Waals surface area contributed by atoms with E-state index in [1.807, 2.05) is 48.7 Å². The molecule has 0 fully saturated rings. The summed E-state index contributed by atoms with van der Waals surface area (Å²) in [5, 5.41) is 4.53. The number of rotatable bonds is 6. The Morgan fingerprint density at radius 3 is 2.68 bits per heavy atom. The van der Waals surface area contributed by atoms with Gasteiger partial charge in [0.2, 0.25) is 0 Å². The number of nitrogens with one attached hydrogen (secondary N) is 1. The Morgan fingerprint density at radius 1 is 1.03 bits per heavy atom. The predicted octanol–water partition coefficient (Wildman–Crippen LogP) is 9.57. The minimum Gasteiger partial charge on any atom is -0.488 e. The van der Waals surface area contributed by atoms with E-state index in [1.165, 1.54) is 22.4 Å². The molecule has 190 valence electrons. The number of allylic oxidation sites excluding steroid dienone is 2. The molecule has 0 saturated heterocycles. The molecule has 2 aliphatic rings. The van der Waals surface area contributed by atoms with Crippen molar-refractivity contribution >= 4 is 45.1 Å². The van der Waals surface area contributed by atoms with E-state index < -0.39 is 0 Å². The van der Waals surface area contributed by atoms with E-state index in [0.29, 0.717) is 23.5 Å². The number of aryl methyl sites for hydroxylation is 1. The van der Waals surface area contributed by atoms with Crippen LogP contribution in [-0.2, 0) is 6.61 Å². The summed E-state index contributed by atoms with van der Waals surface area (Å²) in [6, 6.07) is 29.3. The second-order valence-electron chi connectivity index (χ2n) is 9.99.